The van der Waals surface area contributed by atoms with Crippen LogP contribution in [0.4, 0.5) is 11.4 Å². The van der Waals surface area contributed by atoms with Crippen LogP contribution in [-0.4, -0.2) is 17.7 Å². The minimum atomic E-state index is -0.767. The van der Waals surface area contributed by atoms with Gasteiger partial charge >= 0.3 is 11.8 Å². The molecule has 3 amide bonds. The highest BCUT2D eigenvalue weighted by Crippen LogP contribution is 2.20. The van der Waals surface area contributed by atoms with E-state index >= 15 is 0 Å². The molecule has 0 unspecified atom stereocenters. The van der Waals surface area contributed by atoms with Gasteiger partial charge in [-0.2, -0.15) is 0 Å². The third-order valence-electron chi connectivity index (χ3n) is 4.55. The Morgan fingerprint density at radius 3 is 2.21 bits per heavy atom. The van der Waals surface area contributed by atoms with Gasteiger partial charge in [0.2, 0.25) is 5.91 Å². The van der Waals surface area contributed by atoms with Gasteiger partial charge in [0, 0.05) is 17.8 Å². The summed E-state index contributed by atoms with van der Waals surface area (Å²) in [4.78, 5) is 36.1. The van der Waals surface area contributed by atoms with Gasteiger partial charge in [-0.15, -0.1) is 0 Å². The van der Waals surface area contributed by atoms with Crippen LogP contribution in [0.5, 0.6) is 0 Å². The molecule has 148 valence electrons. The highest BCUT2D eigenvalue weighted by atomic mass is 16.2. The van der Waals surface area contributed by atoms with Gasteiger partial charge < -0.3 is 16.0 Å². The highest BCUT2D eigenvalue weighted by Gasteiger charge is 2.17. The second kappa shape index (κ2) is 9.01. The zero-order valence-electron chi connectivity index (χ0n) is 16.4. The van der Waals surface area contributed by atoms with Crippen LogP contribution in [0.15, 0.2) is 66.7 Å². The molecule has 3 rings (SSSR count). The third kappa shape index (κ3) is 5.19. The van der Waals surface area contributed by atoms with Crippen molar-refractivity contribution >= 4 is 39.9 Å². The number of anilines is 2. The number of hydrogen-bond acceptors (Lipinski definition) is 3. The Morgan fingerprint density at radius 2 is 1.48 bits per heavy atom. The first-order valence-electron chi connectivity index (χ1n) is 9.46. The molecule has 0 spiro atoms. The van der Waals surface area contributed by atoms with Gasteiger partial charge in [-0.25, -0.2) is 0 Å². The van der Waals surface area contributed by atoms with E-state index in [0.29, 0.717) is 17.8 Å². The Kier molecular flexibility index (Phi) is 6.24. The van der Waals surface area contributed by atoms with Gasteiger partial charge in [0.1, 0.15) is 0 Å². The van der Waals surface area contributed by atoms with Crippen molar-refractivity contribution < 1.29 is 14.4 Å². The van der Waals surface area contributed by atoms with Crippen molar-refractivity contribution in [2.75, 3.05) is 10.6 Å². The third-order valence-corrected chi connectivity index (χ3v) is 4.55. The van der Waals surface area contributed by atoms with E-state index in [1.807, 2.05) is 49.4 Å². The van der Waals surface area contributed by atoms with Gasteiger partial charge in [-0.1, -0.05) is 49.4 Å². The Labute approximate surface area is 169 Å². The highest BCUT2D eigenvalue weighted by molar-refractivity contribution is 6.39. The summed E-state index contributed by atoms with van der Waals surface area (Å²) in [5.74, 6) is -1.62. The molecule has 0 radical (unpaired) electrons. The lowest BCUT2D eigenvalue weighted by Gasteiger charge is -2.15. The second-order valence-corrected chi connectivity index (χ2v) is 6.74. The molecule has 6 heteroatoms. The van der Waals surface area contributed by atoms with Crippen molar-refractivity contribution in [3.05, 3.63) is 72.3 Å². The maximum Gasteiger partial charge on any atom is 0.313 e. The molecule has 3 aromatic carbocycles. The van der Waals surface area contributed by atoms with Crippen LogP contribution in [0.25, 0.3) is 10.8 Å². The van der Waals surface area contributed by atoms with E-state index in [4.69, 9.17) is 0 Å². The van der Waals surface area contributed by atoms with Gasteiger partial charge in [-0.05, 0) is 47.5 Å². The summed E-state index contributed by atoms with van der Waals surface area (Å²) < 4.78 is 0. The molecule has 6 nitrogen and oxygen atoms in total. The minimum Gasteiger partial charge on any atom is -0.341 e. The summed E-state index contributed by atoms with van der Waals surface area (Å²) in [7, 11) is 0. The quantitative estimate of drug-likeness (QED) is 0.576. The molecule has 0 saturated carbocycles. The molecule has 3 N–H and O–H groups in total. The summed E-state index contributed by atoms with van der Waals surface area (Å²) in [5.41, 5.74) is 1.89. The number of carbonyl (C=O) groups is 3. The van der Waals surface area contributed by atoms with E-state index < -0.39 is 11.8 Å². The summed E-state index contributed by atoms with van der Waals surface area (Å²) in [5, 5.41) is 10.2. The maximum absolute atomic E-state index is 12.3. The van der Waals surface area contributed by atoms with E-state index in [2.05, 4.69) is 16.0 Å². The lowest BCUT2D eigenvalue weighted by Crippen LogP contribution is -2.36. The number of hydrogen-bond donors (Lipinski definition) is 3. The number of fused-ring (bicyclic) bond motifs is 1. The van der Waals surface area contributed by atoms with Crippen LogP contribution in [0.3, 0.4) is 0 Å². The van der Waals surface area contributed by atoms with Crippen LogP contribution < -0.4 is 16.0 Å². The summed E-state index contributed by atoms with van der Waals surface area (Å²) in [6.07, 6.45) is 0.353. The normalized spacial score (nSPS) is 11.5. The molecule has 0 fully saturated rings. The molecular formula is C23H23N3O3. The van der Waals surface area contributed by atoms with Gasteiger partial charge in [0.15, 0.2) is 0 Å². The van der Waals surface area contributed by atoms with Gasteiger partial charge in [0.25, 0.3) is 0 Å². The van der Waals surface area contributed by atoms with Crippen LogP contribution in [0, 0.1) is 0 Å². The topological polar surface area (TPSA) is 87.3 Å². The lowest BCUT2D eigenvalue weighted by atomic mass is 10.0. The summed E-state index contributed by atoms with van der Waals surface area (Å²) in [6.45, 7) is 3.58. The van der Waals surface area contributed by atoms with Crippen molar-refractivity contribution in [3.63, 3.8) is 0 Å². The van der Waals surface area contributed by atoms with Crippen molar-refractivity contribution in [1.82, 2.24) is 5.32 Å². The fourth-order valence-corrected chi connectivity index (χ4v) is 2.93. The van der Waals surface area contributed by atoms with Crippen LogP contribution in [-0.2, 0) is 14.4 Å². The van der Waals surface area contributed by atoms with E-state index in [0.717, 1.165) is 16.3 Å². The fourth-order valence-electron chi connectivity index (χ4n) is 2.93. The molecule has 29 heavy (non-hydrogen) atoms. The SMILES string of the molecule is CCC(=O)Nc1cccc(NC(=O)C(=O)N[C@H](C)c2ccc3ccccc3c2)c1. The maximum atomic E-state index is 12.3. The fraction of sp³-hybridized carbons (Fsp3) is 0.174. The largest absolute Gasteiger partial charge is 0.341 e. The predicted octanol–water partition coefficient (Wildman–Crippen LogP) is 4.00. The zero-order chi connectivity index (χ0) is 20.8. The van der Waals surface area contributed by atoms with Crippen molar-refractivity contribution in [3.8, 4) is 0 Å². The predicted molar refractivity (Wildman–Crippen MR) is 114 cm³/mol. The van der Waals surface area contributed by atoms with Crippen molar-refractivity contribution in [2.24, 2.45) is 0 Å². The first-order valence-corrected chi connectivity index (χ1v) is 9.46. The second-order valence-electron chi connectivity index (χ2n) is 6.74. The number of carbonyl (C=O) groups excluding carboxylic acids is 3. The molecule has 0 bridgehead atoms. The van der Waals surface area contributed by atoms with Crippen LogP contribution >= 0.6 is 0 Å². The number of nitrogens with one attached hydrogen (secondary N) is 3. The standard InChI is InChI=1S/C23H23N3O3/c1-3-21(27)25-19-9-6-10-20(14-19)26-23(29)22(28)24-15(2)17-12-11-16-7-4-5-8-18(16)13-17/h4-15H,3H2,1-2H3,(H,24,28)(H,25,27)(H,26,29)/t15-/m1/s1. The molecule has 0 heterocycles. The number of rotatable bonds is 5. The average molecular weight is 389 g/mol. The van der Waals surface area contributed by atoms with Crippen LogP contribution in [0.1, 0.15) is 31.9 Å². The smallest absolute Gasteiger partial charge is 0.313 e. The molecule has 1 atom stereocenters. The monoisotopic (exact) mass is 389 g/mol. The van der Waals surface area contributed by atoms with E-state index in [1.165, 1.54) is 0 Å². The first kappa shape index (κ1) is 20.1. The number of amides is 3. The van der Waals surface area contributed by atoms with Gasteiger partial charge in [-0.3, -0.25) is 14.4 Å². The van der Waals surface area contributed by atoms with E-state index in [1.54, 1.807) is 31.2 Å². The molecule has 3 aromatic rings. The van der Waals surface area contributed by atoms with Gasteiger partial charge in [0.05, 0.1) is 6.04 Å². The Bertz CT molecular complexity index is 1060. The Morgan fingerprint density at radius 1 is 0.793 bits per heavy atom. The molecule has 0 aliphatic carbocycles. The molecule has 0 aliphatic rings. The average Bonchev–Trinajstić information content (AvgIpc) is 2.73. The molecular weight excluding hydrogens is 366 g/mol. The summed E-state index contributed by atoms with van der Waals surface area (Å²) >= 11 is 0. The molecule has 0 aliphatic heterocycles. The molecule has 0 aromatic heterocycles. The Balaban J connectivity index is 1.63. The first-order chi connectivity index (χ1) is 14.0. The van der Waals surface area contributed by atoms with Crippen molar-refractivity contribution in [2.45, 2.75) is 26.3 Å². The van der Waals surface area contributed by atoms with Crippen molar-refractivity contribution in [1.29, 1.82) is 0 Å². The van der Waals surface area contributed by atoms with E-state index in [-0.39, 0.29) is 11.9 Å². The minimum absolute atomic E-state index is 0.129. The number of benzene rings is 3. The molecule has 0 saturated heterocycles. The van der Waals surface area contributed by atoms with E-state index in [9.17, 15) is 14.4 Å². The zero-order valence-corrected chi connectivity index (χ0v) is 16.4. The Hall–Kier alpha value is -3.67. The lowest BCUT2D eigenvalue weighted by molar-refractivity contribution is -0.136. The van der Waals surface area contributed by atoms with Crippen LogP contribution in [0.2, 0.25) is 0 Å². The summed E-state index contributed by atoms with van der Waals surface area (Å²) in [6, 6.07) is 20.2.